The minimum Gasteiger partial charge on any atom is -0.480 e. The van der Waals surface area contributed by atoms with Crippen molar-refractivity contribution in [1.82, 2.24) is 4.90 Å². The van der Waals surface area contributed by atoms with Gasteiger partial charge in [-0.1, -0.05) is 31.9 Å². The van der Waals surface area contributed by atoms with Crippen LogP contribution in [0.3, 0.4) is 0 Å². The van der Waals surface area contributed by atoms with Gasteiger partial charge < -0.3 is 10.0 Å². The van der Waals surface area contributed by atoms with Gasteiger partial charge in [0, 0.05) is 24.3 Å². The van der Waals surface area contributed by atoms with E-state index in [1.807, 2.05) is 6.92 Å². The monoisotopic (exact) mass is 312 g/mol. The van der Waals surface area contributed by atoms with Crippen LogP contribution in [0.5, 0.6) is 0 Å². The summed E-state index contributed by atoms with van der Waals surface area (Å²) >= 11 is 5.82. The maximum atomic E-state index is 12.5. The van der Waals surface area contributed by atoms with Crippen molar-refractivity contribution < 1.29 is 14.7 Å². The van der Waals surface area contributed by atoms with E-state index in [9.17, 15) is 9.59 Å². The average Bonchev–Trinajstić information content (AvgIpc) is 2.44. The Balaban J connectivity index is 2.93. The average molecular weight is 313 g/mol. The van der Waals surface area contributed by atoms with Gasteiger partial charge in [0.15, 0.2) is 0 Å². The number of carboxylic acid groups (broad SMARTS) is 1. The van der Waals surface area contributed by atoms with Crippen molar-refractivity contribution >= 4 is 29.3 Å². The van der Waals surface area contributed by atoms with Crippen LogP contribution in [0, 0.1) is 5.92 Å². The fourth-order valence-electron chi connectivity index (χ4n) is 1.91. The molecule has 1 aromatic rings. The van der Waals surface area contributed by atoms with Gasteiger partial charge in [0.05, 0.1) is 0 Å². The van der Waals surface area contributed by atoms with Crippen molar-refractivity contribution in [3.63, 3.8) is 0 Å². The van der Waals surface area contributed by atoms with E-state index in [0.29, 0.717) is 23.2 Å². The largest absolute Gasteiger partial charge is 0.480 e. The lowest BCUT2D eigenvalue weighted by Crippen LogP contribution is -2.45. The predicted octanol–water partition coefficient (Wildman–Crippen LogP) is 3.33. The van der Waals surface area contributed by atoms with Crippen molar-refractivity contribution in [3.05, 3.63) is 29.3 Å². The van der Waals surface area contributed by atoms with Gasteiger partial charge in [-0.3, -0.25) is 9.69 Å². The number of rotatable bonds is 6. The molecular weight excluding hydrogens is 292 g/mol. The van der Waals surface area contributed by atoms with Crippen LogP contribution in [0.15, 0.2) is 24.3 Å². The number of urea groups is 1. The molecule has 0 aromatic heterocycles. The molecule has 1 N–H and O–H groups in total. The number of anilines is 1. The van der Waals surface area contributed by atoms with Gasteiger partial charge in [0.2, 0.25) is 0 Å². The van der Waals surface area contributed by atoms with Crippen molar-refractivity contribution in [2.24, 2.45) is 5.92 Å². The first-order valence-electron chi connectivity index (χ1n) is 6.85. The summed E-state index contributed by atoms with van der Waals surface area (Å²) in [5.41, 5.74) is 0.516. The highest BCUT2D eigenvalue weighted by Crippen LogP contribution is 2.19. The molecule has 21 heavy (non-hydrogen) atoms. The lowest BCUT2D eigenvalue weighted by Gasteiger charge is -2.28. The Kier molecular flexibility index (Phi) is 6.49. The minimum absolute atomic E-state index is 0.333. The molecule has 1 atom stereocenters. The Morgan fingerprint density at radius 2 is 1.86 bits per heavy atom. The van der Waals surface area contributed by atoms with Crippen LogP contribution < -0.4 is 4.90 Å². The smallest absolute Gasteiger partial charge is 0.324 e. The number of benzene rings is 1. The number of carbonyl (C=O) groups excluding carboxylic acids is 1. The summed E-state index contributed by atoms with van der Waals surface area (Å²) in [6.07, 6.45) is 0.956. The number of carbonyl (C=O) groups is 2. The molecule has 0 saturated heterocycles. The second-order valence-electron chi connectivity index (χ2n) is 5.13. The standard InChI is InChI=1S/C15H21ClN2O3/c1-4-11(2)9-17(3)15(21)18(10-14(19)20)13-7-5-12(16)6-8-13/h5-8,11H,4,9-10H2,1-3H3,(H,19,20). The molecular formula is C15H21ClN2O3. The highest BCUT2D eigenvalue weighted by molar-refractivity contribution is 6.30. The van der Waals surface area contributed by atoms with E-state index in [0.717, 1.165) is 6.42 Å². The third kappa shape index (κ3) is 5.27. The predicted molar refractivity (Wildman–Crippen MR) is 83.9 cm³/mol. The first-order valence-corrected chi connectivity index (χ1v) is 7.23. The number of nitrogens with zero attached hydrogens (tertiary/aromatic N) is 2. The van der Waals surface area contributed by atoms with Crippen LogP contribution in [-0.4, -0.2) is 42.1 Å². The Morgan fingerprint density at radius 3 is 2.33 bits per heavy atom. The maximum Gasteiger partial charge on any atom is 0.324 e. The lowest BCUT2D eigenvalue weighted by molar-refractivity contribution is -0.135. The highest BCUT2D eigenvalue weighted by Gasteiger charge is 2.23. The first kappa shape index (κ1) is 17.3. The van der Waals surface area contributed by atoms with Gasteiger partial charge in [0.25, 0.3) is 0 Å². The molecule has 0 aliphatic rings. The van der Waals surface area contributed by atoms with Gasteiger partial charge >= 0.3 is 12.0 Å². The van der Waals surface area contributed by atoms with Crippen LogP contribution in [-0.2, 0) is 4.79 Å². The molecule has 1 aromatic carbocycles. The molecule has 0 heterocycles. The molecule has 0 aliphatic heterocycles. The fraction of sp³-hybridized carbons (Fsp3) is 0.467. The van der Waals surface area contributed by atoms with E-state index in [1.54, 1.807) is 36.2 Å². The van der Waals surface area contributed by atoms with Crippen LogP contribution in [0.2, 0.25) is 5.02 Å². The van der Waals surface area contributed by atoms with Crippen molar-refractivity contribution in [3.8, 4) is 0 Å². The number of hydrogen-bond acceptors (Lipinski definition) is 2. The molecule has 5 nitrogen and oxygen atoms in total. The van der Waals surface area contributed by atoms with Gasteiger partial charge in [-0.2, -0.15) is 0 Å². The summed E-state index contributed by atoms with van der Waals surface area (Å²) < 4.78 is 0. The van der Waals surface area contributed by atoms with Crippen LogP contribution in [0.4, 0.5) is 10.5 Å². The van der Waals surface area contributed by atoms with Crippen LogP contribution in [0.1, 0.15) is 20.3 Å². The zero-order valence-corrected chi connectivity index (χ0v) is 13.3. The van der Waals surface area contributed by atoms with Crippen molar-refractivity contribution in [2.45, 2.75) is 20.3 Å². The second kappa shape index (κ2) is 7.88. The van der Waals surface area contributed by atoms with E-state index in [1.165, 1.54) is 4.90 Å². The number of amides is 2. The summed E-state index contributed by atoms with van der Waals surface area (Å²) in [4.78, 5) is 26.3. The third-order valence-electron chi connectivity index (χ3n) is 3.27. The third-order valence-corrected chi connectivity index (χ3v) is 3.52. The van der Waals surface area contributed by atoms with Crippen molar-refractivity contribution in [2.75, 3.05) is 25.0 Å². The second-order valence-corrected chi connectivity index (χ2v) is 5.57. The summed E-state index contributed by atoms with van der Waals surface area (Å²) in [5, 5.41) is 9.56. The van der Waals surface area contributed by atoms with E-state index in [-0.39, 0.29) is 12.6 Å². The minimum atomic E-state index is -1.06. The highest BCUT2D eigenvalue weighted by atomic mass is 35.5. The molecule has 0 aliphatic carbocycles. The molecule has 0 bridgehead atoms. The molecule has 0 saturated carbocycles. The van der Waals surface area contributed by atoms with Crippen LogP contribution >= 0.6 is 11.6 Å². The lowest BCUT2D eigenvalue weighted by atomic mass is 10.1. The van der Waals surface area contributed by atoms with Gasteiger partial charge in [-0.25, -0.2) is 4.79 Å². The molecule has 116 valence electrons. The zero-order chi connectivity index (χ0) is 16.0. The quantitative estimate of drug-likeness (QED) is 0.876. The molecule has 2 amide bonds. The van der Waals surface area contributed by atoms with Crippen molar-refractivity contribution in [1.29, 1.82) is 0 Å². The zero-order valence-electron chi connectivity index (χ0n) is 12.5. The molecule has 0 radical (unpaired) electrons. The van der Waals surface area contributed by atoms with Gasteiger partial charge in [0.1, 0.15) is 6.54 Å². The summed E-state index contributed by atoms with van der Waals surface area (Å²) in [6, 6.07) is 6.21. The maximum absolute atomic E-state index is 12.5. The van der Waals surface area contributed by atoms with E-state index >= 15 is 0 Å². The summed E-state index contributed by atoms with van der Waals surface area (Å²) in [7, 11) is 1.68. The SMILES string of the molecule is CCC(C)CN(C)C(=O)N(CC(=O)O)c1ccc(Cl)cc1. The molecule has 1 unspecified atom stereocenters. The number of aliphatic carboxylic acids is 1. The molecule has 0 fully saturated rings. The topological polar surface area (TPSA) is 60.9 Å². The van der Waals surface area contributed by atoms with Crippen LogP contribution in [0.25, 0.3) is 0 Å². The number of carboxylic acids is 1. The molecule has 1 rings (SSSR count). The van der Waals surface area contributed by atoms with E-state index in [2.05, 4.69) is 6.92 Å². The summed E-state index contributed by atoms with van der Waals surface area (Å²) in [6.45, 7) is 4.30. The number of hydrogen-bond donors (Lipinski definition) is 1. The summed E-state index contributed by atoms with van der Waals surface area (Å²) in [5.74, 6) is -0.703. The van der Waals surface area contributed by atoms with Gasteiger partial charge in [-0.05, 0) is 30.2 Å². The fourth-order valence-corrected chi connectivity index (χ4v) is 2.03. The van der Waals surface area contributed by atoms with Gasteiger partial charge in [-0.15, -0.1) is 0 Å². The Hall–Kier alpha value is -1.75. The first-order chi connectivity index (χ1) is 9.85. The Morgan fingerprint density at radius 1 is 1.29 bits per heavy atom. The number of halogens is 1. The molecule has 6 heteroatoms. The normalized spacial score (nSPS) is 11.8. The molecule has 0 spiro atoms. The Bertz CT molecular complexity index is 490. The van der Waals surface area contributed by atoms with E-state index < -0.39 is 5.97 Å². The van der Waals surface area contributed by atoms with E-state index in [4.69, 9.17) is 16.7 Å². The Labute approximate surface area is 130 Å².